The van der Waals surface area contributed by atoms with Crippen LogP contribution in [0.3, 0.4) is 0 Å². The molecule has 3 aliphatic rings. The van der Waals surface area contributed by atoms with E-state index in [2.05, 4.69) is 107 Å². The summed E-state index contributed by atoms with van der Waals surface area (Å²) in [7, 11) is 0. The maximum atomic E-state index is 11.2. The average molecular weight is 573 g/mol. The lowest BCUT2D eigenvalue weighted by Gasteiger charge is -2.44. The molecule has 230 valence electrons. The van der Waals surface area contributed by atoms with Gasteiger partial charge in [0.2, 0.25) is 0 Å². The summed E-state index contributed by atoms with van der Waals surface area (Å²) in [6.45, 7) is 26.2. The highest BCUT2D eigenvalue weighted by atomic mass is 16.3. The minimum absolute atomic E-state index is 0.0140. The Morgan fingerprint density at radius 3 is 1.14 bits per heavy atom. The van der Waals surface area contributed by atoms with Crippen molar-refractivity contribution in [2.24, 2.45) is 21.8 Å². The van der Waals surface area contributed by atoms with Gasteiger partial charge in [-0.25, -0.2) is 0 Å². The highest BCUT2D eigenvalue weighted by molar-refractivity contribution is 5.86. The number of phenols is 2. The number of hydrogen-bond acceptors (Lipinski definition) is 4. The van der Waals surface area contributed by atoms with Crippen molar-refractivity contribution in [2.45, 2.75) is 143 Å². The van der Waals surface area contributed by atoms with E-state index >= 15 is 0 Å². The fraction of sp³-hybridized carbons (Fsp3) is 0.632. The van der Waals surface area contributed by atoms with E-state index in [1.807, 2.05) is 12.4 Å². The summed E-state index contributed by atoms with van der Waals surface area (Å²) in [6.07, 6.45) is 8.28. The van der Waals surface area contributed by atoms with Gasteiger partial charge in [-0.05, 0) is 82.4 Å². The largest absolute Gasteiger partial charge is 0.507 e. The zero-order valence-electron chi connectivity index (χ0n) is 28.4. The SMILES string of the molecule is CC(C)(C)c1cc(C=N[C@@H]2C[C@H]3CC[C@@H]2C[C@H]3N=Cc2cc(C(C)(C)C)cc(C(C)(C)C)c2O)c(O)c(C(C)(C)C)c1. The molecule has 4 heteroatoms. The van der Waals surface area contributed by atoms with Gasteiger partial charge in [0.25, 0.3) is 0 Å². The second-order valence-electron chi connectivity index (χ2n) is 17.2. The number of rotatable bonds is 4. The van der Waals surface area contributed by atoms with Gasteiger partial charge < -0.3 is 10.2 Å². The Kier molecular flexibility index (Phi) is 8.57. The van der Waals surface area contributed by atoms with Gasteiger partial charge in [0.15, 0.2) is 0 Å². The number of fused-ring (bicyclic) bond motifs is 3. The van der Waals surface area contributed by atoms with Gasteiger partial charge in [-0.1, -0.05) is 95.2 Å². The Morgan fingerprint density at radius 1 is 0.548 bits per heavy atom. The predicted molar refractivity (Wildman–Crippen MR) is 179 cm³/mol. The lowest BCUT2D eigenvalue weighted by molar-refractivity contribution is 0.125. The van der Waals surface area contributed by atoms with Crippen molar-refractivity contribution in [1.29, 1.82) is 0 Å². The van der Waals surface area contributed by atoms with Crippen LogP contribution in [-0.4, -0.2) is 34.7 Å². The molecule has 0 spiro atoms. The van der Waals surface area contributed by atoms with E-state index in [0.29, 0.717) is 23.3 Å². The van der Waals surface area contributed by atoms with Crippen LogP contribution in [0.15, 0.2) is 34.3 Å². The number of aliphatic imine (C=N–C) groups is 2. The summed E-state index contributed by atoms with van der Waals surface area (Å²) < 4.78 is 0. The van der Waals surface area contributed by atoms with Crippen LogP contribution >= 0.6 is 0 Å². The molecular formula is C38H56N2O2. The van der Waals surface area contributed by atoms with E-state index in [4.69, 9.17) is 9.98 Å². The molecule has 0 radical (unpaired) electrons. The first-order chi connectivity index (χ1) is 19.2. The summed E-state index contributed by atoms with van der Waals surface area (Å²) in [5, 5.41) is 22.5. The molecule has 0 heterocycles. The zero-order valence-corrected chi connectivity index (χ0v) is 28.4. The third-order valence-corrected chi connectivity index (χ3v) is 9.52. The summed E-state index contributed by atoms with van der Waals surface area (Å²) in [5.74, 6) is 1.69. The van der Waals surface area contributed by atoms with E-state index in [-0.39, 0.29) is 33.7 Å². The van der Waals surface area contributed by atoms with Crippen molar-refractivity contribution in [2.75, 3.05) is 0 Å². The molecule has 2 bridgehead atoms. The van der Waals surface area contributed by atoms with Gasteiger partial charge in [0.1, 0.15) is 11.5 Å². The summed E-state index contributed by atoms with van der Waals surface area (Å²) >= 11 is 0. The van der Waals surface area contributed by atoms with E-state index < -0.39 is 0 Å². The maximum Gasteiger partial charge on any atom is 0.128 e. The summed E-state index contributed by atoms with van der Waals surface area (Å²) in [5.41, 5.74) is 5.71. The van der Waals surface area contributed by atoms with E-state index in [1.165, 1.54) is 24.0 Å². The van der Waals surface area contributed by atoms with Crippen molar-refractivity contribution in [3.8, 4) is 11.5 Å². The molecule has 0 saturated heterocycles. The Morgan fingerprint density at radius 2 is 0.881 bits per heavy atom. The van der Waals surface area contributed by atoms with E-state index in [1.54, 1.807) is 0 Å². The smallest absolute Gasteiger partial charge is 0.128 e. The van der Waals surface area contributed by atoms with Gasteiger partial charge in [-0.2, -0.15) is 0 Å². The molecule has 0 aromatic heterocycles. The van der Waals surface area contributed by atoms with Crippen LogP contribution in [0.5, 0.6) is 11.5 Å². The summed E-state index contributed by atoms with van der Waals surface area (Å²) in [6, 6.07) is 9.08. The number of benzene rings is 2. The van der Waals surface area contributed by atoms with E-state index in [0.717, 1.165) is 35.1 Å². The minimum Gasteiger partial charge on any atom is -0.507 e. The lowest BCUT2D eigenvalue weighted by Crippen LogP contribution is -2.42. The van der Waals surface area contributed by atoms with Gasteiger partial charge in [-0.3, -0.25) is 9.98 Å². The van der Waals surface area contributed by atoms with Gasteiger partial charge in [0, 0.05) is 34.7 Å². The van der Waals surface area contributed by atoms with Gasteiger partial charge in [-0.15, -0.1) is 0 Å². The molecule has 42 heavy (non-hydrogen) atoms. The molecular weight excluding hydrogens is 516 g/mol. The topological polar surface area (TPSA) is 65.2 Å². The monoisotopic (exact) mass is 572 g/mol. The first-order valence-electron chi connectivity index (χ1n) is 16.0. The predicted octanol–water partition coefficient (Wildman–Crippen LogP) is 9.38. The van der Waals surface area contributed by atoms with Crippen LogP contribution in [-0.2, 0) is 21.7 Å². The molecule has 4 nitrogen and oxygen atoms in total. The molecule has 3 saturated carbocycles. The van der Waals surface area contributed by atoms with Crippen LogP contribution in [0.2, 0.25) is 0 Å². The van der Waals surface area contributed by atoms with Crippen LogP contribution in [0, 0.1) is 11.8 Å². The molecule has 5 rings (SSSR count). The normalized spacial score (nSPS) is 23.8. The van der Waals surface area contributed by atoms with Crippen LogP contribution in [0.1, 0.15) is 142 Å². The van der Waals surface area contributed by atoms with Crippen LogP contribution < -0.4 is 0 Å². The second kappa shape index (κ2) is 11.1. The Balaban J connectivity index is 1.57. The average Bonchev–Trinajstić information content (AvgIpc) is 2.85. The first-order valence-corrected chi connectivity index (χ1v) is 16.0. The number of phenolic OH excluding ortho intramolecular Hbond substituents is 2. The molecule has 2 aromatic rings. The van der Waals surface area contributed by atoms with Crippen molar-refractivity contribution < 1.29 is 10.2 Å². The van der Waals surface area contributed by atoms with Gasteiger partial charge >= 0.3 is 0 Å². The van der Waals surface area contributed by atoms with Crippen LogP contribution in [0.4, 0.5) is 0 Å². The fourth-order valence-electron chi connectivity index (χ4n) is 6.61. The third-order valence-electron chi connectivity index (χ3n) is 9.52. The molecule has 0 amide bonds. The fourth-order valence-corrected chi connectivity index (χ4v) is 6.61. The molecule has 0 aliphatic heterocycles. The number of aromatic hydroxyl groups is 2. The molecule has 3 fully saturated rings. The van der Waals surface area contributed by atoms with Crippen molar-refractivity contribution in [1.82, 2.24) is 0 Å². The quantitative estimate of drug-likeness (QED) is 0.358. The highest BCUT2D eigenvalue weighted by Gasteiger charge is 2.41. The second-order valence-corrected chi connectivity index (χ2v) is 17.2. The Labute approximate surface area is 255 Å². The van der Waals surface area contributed by atoms with Crippen molar-refractivity contribution in [3.05, 3.63) is 57.6 Å². The highest BCUT2D eigenvalue weighted by Crippen LogP contribution is 2.45. The standard InChI is InChI=1S/C38H56N2O2/c1-35(2,3)27-15-25(33(41)29(19-27)37(7,8)9)21-39-31-17-24-14-13-23(31)18-32(24)40-22-26-16-28(36(4,5)6)20-30(34(26)42)38(10,11)12/h15-16,19-24,31-32,41-42H,13-14,17-18H2,1-12H3/t23-,24-,31-,32-/m1/s1. The van der Waals surface area contributed by atoms with Gasteiger partial charge in [0.05, 0.1) is 12.1 Å². The van der Waals surface area contributed by atoms with Crippen molar-refractivity contribution in [3.63, 3.8) is 0 Å². The summed E-state index contributed by atoms with van der Waals surface area (Å²) in [4.78, 5) is 10.2. The molecule has 2 aromatic carbocycles. The number of hydrogen-bond donors (Lipinski definition) is 2. The van der Waals surface area contributed by atoms with Crippen LogP contribution in [0.25, 0.3) is 0 Å². The molecule has 3 aliphatic carbocycles. The lowest BCUT2D eigenvalue weighted by atomic mass is 9.65. The molecule has 2 N–H and O–H groups in total. The Hall–Kier alpha value is -2.62. The van der Waals surface area contributed by atoms with Crippen molar-refractivity contribution >= 4 is 12.4 Å². The molecule has 0 unspecified atom stereocenters. The first kappa shape index (κ1) is 32.3. The zero-order chi connectivity index (χ0) is 31.4. The molecule has 4 atom stereocenters. The minimum atomic E-state index is -0.155. The number of nitrogens with zero attached hydrogens (tertiary/aromatic N) is 2. The Bertz CT molecular complexity index is 1250. The van der Waals surface area contributed by atoms with E-state index in [9.17, 15) is 10.2 Å². The third kappa shape index (κ3) is 6.95. The maximum absolute atomic E-state index is 11.2.